The van der Waals surface area contributed by atoms with Crippen molar-refractivity contribution in [2.45, 2.75) is 19.8 Å². The van der Waals surface area contributed by atoms with Gasteiger partial charge in [-0.1, -0.05) is 30.7 Å². The molecule has 1 heterocycles. The summed E-state index contributed by atoms with van der Waals surface area (Å²) in [5, 5.41) is 2.92. The van der Waals surface area contributed by atoms with Crippen molar-refractivity contribution in [3.8, 4) is 0 Å². The Morgan fingerprint density at radius 3 is 2.71 bits per heavy atom. The molecule has 1 aromatic carbocycles. The summed E-state index contributed by atoms with van der Waals surface area (Å²) in [5.74, 6) is -0.523. The zero-order valence-corrected chi connectivity index (χ0v) is 10.2. The van der Waals surface area contributed by atoms with Crippen molar-refractivity contribution in [3.05, 3.63) is 40.4 Å². The van der Waals surface area contributed by atoms with Crippen LogP contribution < -0.4 is 5.32 Å². The third kappa shape index (κ3) is 2.39. The van der Waals surface area contributed by atoms with Crippen molar-refractivity contribution in [1.29, 1.82) is 0 Å². The second kappa shape index (κ2) is 4.72. The molecule has 1 aliphatic rings. The predicted octanol–water partition coefficient (Wildman–Crippen LogP) is 2.55. The molecule has 0 unspecified atom stereocenters. The molecule has 2 rings (SSSR count). The van der Waals surface area contributed by atoms with Crippen LogP contribution in [0.3, 0.4) is 0 Å². The van der Waals surface area contributed by atoms with E-state index in [1.807, 2.05) is 25.1 Å². The van der Waals surface area contributed by atoms with Gasteiger partial charge in [0.25, 0.3) is 5.91 Å². The molecule has 3 nitrogen and oxygen atoms in total. The van der Waals surface area contributed by atoms with Gasteiger partial charge in [-0.2, -0.15) is 0 Å². The molecule has 0 saturated carbocycles. The molecule has 17 heavy (non-hydrogen) atoms. The molecule has 1 aromatic rings. The first-order chi connectivity index (χ1) is 8.11. The van der Waals surface area contributed by atoms with Crippen LogP contribution in [0.15, 0.2) is 29.8 Å². The van der Waals surface area contributed by atoms with E-state index in [0.29, 0.717) is 17.0 Å². The predicted molar refractivity (Wildman–Crippen MR) is 66.4 cm³/mol. The molecule has 0 aliphatic carbocycles. The molecular formula is C13H12ClNO2. The number of amides is 2. The molecule has 1 N–H and O–H groups in total. The molecule has 1 fully saturated rings. The Hall–Kier alpha value is -1.61. The summed E-state index contributed by atoms with van der Waals surface area (Å²) in [6, 6.07) is 7.32. The van der Waals surface area contributed by atoms with Crippen LogP contribution in [-0.2, 0) is 9.59 Å². The second-order valence-electron chi connectivity index (χ2n) is 3.88. The van der Waals surface area contributed by atoms with Gasteiger partial charge in [0, 0.05) is 10.6 Å². The van der Waals surface area contributed by atoms with Gasteiger partial charge in [-0.25, -0.2) is 0 Å². The van der Waals surface area contributed by atoms with E-state index < -0.39 is 0 Å². The van der Waals surface area contributed by atoms with E-state index in [1.54, 1.807) is 6.07 Å². The van der Waals surface area contributed by atoms with E-state index in [4.69, 9.17) is 11.6 Å². The van der Waals surface area contributed by atoms with Crippen LogP contribution >= 0.6 is 11.6 Å². The van der Waals surface area contributed by atoms with Gasteiger partial charge < -0.3 is 0 Å². The van der Waals surface area contributed by atoms with Crippen LogP contribution in [-0.4, -0.2) is 11.8 Å². The first-order valence-corrected chi connectivity index (χ1v) is 5.81. The van der Waals surface area contributed by atoms with Crippen LogP contribution in [0, 0.1) is 0 Å². The van der Waals surface area contributed by atoms with E-state index in [2.05, 4.69) is 5.32 Å². The summed E-state index contributed by atoms with van der Waals surface area (Å²) >= 11 is 5.93. The number of benzene rings is 1. The van der Waals surface area contributed by atoms with Gasteiger partial charge in [0.05, 0.1) is 6.42 Å². The number of hydrogen-bond acceptors (Lipinski definition) is 2. The molecule has 1 saturated heterocycles. The normalized spacial score (nSPS) is 18.2. The first kappa shape index (κ1) is 11.9. The zero-order chi connectivity index (χ0) is 12.4. The summed E-state index contributed by atoms with van der Waals surface area (Å²) in [6.45, 7) is 1.96. The largest absolute Gasteiger partial charge is 0.292 e. The maximum atomic E-state index is 11.6. The highest BCUT2D eigenvalue weighted by molar-refractivity contribution is 6.30. The monoisotopic (exact) mass is 249 g/mol. The molecule has 0 spiro atoms. The maximum Gasteiger partial charge on any atom is 0.254 e. The van der Waals surface area contributed by atoms with E-state index in [1.165, 1.54) is 0 Å². The topological polar surface area (TPSA) is 46.2 Å². The molecule has 1 aliphatic heterocycles. The smallest absolute Gasteiger partial charge is 0.254 e. The highest BCUT2D eigenvalue weighted by atomic mass is 35.5. The lowest BCUT2D eigenvalue weighted by Crippen LogP contribution is -2.19. The Kier molecular flexibility index (Phi) is 3.29. The summed E-state index contributed by atoms with van der Waals surface area (Å²) in [4.78, 5) is 22.8. The minimum atomic E-state index is -0.285. The van der Waals surface area contributed by atoms with Gasteiger partial charge in [-0.15, -0.1) is 0 Å². The minimum Gasteiger partial charge on any atom is -0.292 e. The van der Waals surface area contributed by atoms with Gasteiger partial charge in [0.15, 0.2) is 0 Å². The molecule has 0 aromatic heterocycles. The third-order valence-corrected chi connectivity index (χ3v) is 2.99. The number of imide groups is 1. The van der Waals surface area contributed by atoms with Crippen molar-refractivity contribution in [1.82, 2.24) is 5.32 Å². The number of nitrogens with one attached hydrogen (secondary N) is 1. The quantitative estimate of drug-likeness (QED) is 0.647. The van der Waals surface area contributed by atoms with Crippen molar-refractivity contribution in [2.24, 2.45) is 0 Å². The van der Waals surface area contributed by atoms with Crippen LogP contribution in [0.4, 0.5) is 0 Å². The Morgan fingerprint density at radius 2 is 2.18 bits per heavy atom. The first-order valence-electron chi connectivity index (χ1n) is 5.44. The summed E-state index contributed by atoms with van der Waals surface area (Å²) in [6.07, 6.45) is 0.852. The fraction of sp³-hybridized carbons (Fsp3) is 0.231. The fourth-order valence-electron chi connectivity index (χ4n) is 2.00. The maximum absolute atomic E-state index is 11.6. The highest BCUT2D eigenvalue weighted by Crippen LogP contribution is 2.28. The van der Waals surface area contributed by atoms with E-state index in [9.17, 15) is 9.59 Å². The van der Waals surface area contributed by atoms with Crippen molar-refractivity contribution < 1.29 is 9.59 Å². The van der Waals surface area contributed by atoms with Gasteiger partial charge in [0.2, 0.25) is 5.91 Å². The van der Waals surface area contributed by atoms with Gasteiger partial charge in [0.1, 0.15) is 0 Å². The second-order valence-corrected chi connectivity index (χ2v) is 4.31. The Balaban J connectivity index is 2.50. The Morgan fingerprint density at radius 1 is 1.41 bits per heavy atom. The molecule has 0 bridgehead atoms. The van der Waals surface area contributed by atoms with E-state index >= 15 is 0 Å². The Bertz CT molecular complexity index is 520. The summed E-state index contributed by atoms with van der Waals surface area (Å²) in [5.41, 5.74) is 2.34. The average Bonchev–Trinajstić information content (AvgIpc) is 2.59. The number of halogens is 1. The number of rotatable bonds is 2. The van der Waals surface area contributed by atoms with E-state index in [-0.39, 0.29) is 18.2 Å². The number of carbonyl (C=O) groups is 2. The third-order valence-electron chi connectivity index (χ3n) is 2.76. The van der Waals surface area contributed by atoms with Crippen LogP contribution in [0.5, 0.6) is 0 Å². The van der Waals surface area contributed by atoms with Crippen molar-refractivity contribution in [2.75, 3.05) is 0 Å². The van der Waals surface area contributed by atoms with Crippen LogP contribution in [0.1, 0.15) is 25.3 Å². The molecule has 0 atom stereocenters. The van der Waals surface area contributed by atoms with E-state index in [0.717, 1.165) is 11.1 Å². The fourth-order valence-corrected chi connectivity index (χ4v) is 2.19. The van der Waals surface area contributed by atoms with Gasteiger partial charge in [-0.05, 0) is 29.7 Å². The minimum absolute atomic E-state index is 0.161. The summed E-state index contributed by atoms with van der Waals surface area (Å²) in [7, 11) is 0. The lowest BCUT2D eigenvalue weighted by atomic mass is 9.96. The summed E-state index contributed by atoms with van der Waals surface area (Å²) < 4.78 is 0. The molecule has 4 heteroatoms. The molecule has 88 valence electrons. The molecule has 0 radical (unpaired) electrons. The SMILES string of the molecule is CC/C(=C1\CC(=O)NC1=O)c1cccc(Cl)c1. The highest BCUT2D eigenvalue weighted by Gasteiger charge is 2.26. The number of carbonyl (C=O) groups excluding carboxylic acids is 2. The van der Waals surface area contributed by atoms with Crippen molar-refractivity contribution >= 4 is 29.0 Å². The van der Waals surface area contributed by atoms with Crippen LogP contribution in [0.25, 0.3) is 5.57 Å². The number of hydrogen-bond donors (Lipinski definition) is 1. The molecular weight excluding hydrogens is 238 g/mol. The zero-order valence-electron chi connectivity index (χ0n) is 9.42. The van der Waals surface area contributed by atoms with Gasteiger partial charge >= 0.3 is 0 Å². The number of allylic oxidation sites excluding steroid dienone is 1. The van der Waals surface area contributed by atoms with Gasteiger partial charge in [-0.3, -0.25) is 14.9 Å². The Labute approximate surface area is 104 Å². The molecule has 2 amide bonds. The van der Waals surface area contributed by atoms with Crippen LogP contribution in [0.2, 0.25) is 5.02 Å². The average molecular weight is 250 g/mol. The standard InChI is InChI=1S/C13H12ClNO2/c1-2-10(8-4-3-5-9(14)6-8)11-7-12(16)15-13(11)17/h3-6H,2,7H2,1H3,(H,15,16,17)/b11-10-. The lowest BCUT2D eigenvalue weighted by Gasteiger charge is -2.08. The van der Waals surface area contributed by atoms with Crippen molar-refractivity contribution in [3.63, 3.8) is 0 Å². The lowest BCUT2D eigenvalue weighted by molar-refractivity contribution is -0.124.